The predicted molar refractivity (Wildman–Crippen MR) is 69.7 cm³/mol. The van der Waals surface area contributed by atoms with Crippen LogP contribution in [0.15, 0.2) is 53.0 Å². The Hall–Kier alpha value is -1.35. The van der Waals surface area contributed by atoms with Gasteiger partial charge in [0.25, 0.3) is 0 Å². The monoisotopic (exact) mass is 294 g/mol. The second kappa shape index (κ2) is 5.82. The fourth-order valence-corrected chi connectivity index (χ4v) is 1.77. The van der Waals surface area contributed by atoms with Crippen molar-refractivity contribution in [3.63, 3.8) is 0 Å². The van der Waals surface area contributed by atoms with E-state index in [0.717, 1.165) is 15.8 Å². The number of hydrogen-bond donors (Lipinski definition) is 0. The summed E-state index contributed by atoms with van der Waals surface area (Å²) in [4.78, 5) is 0. The maximum absolute atomic E-state index is 12.9. The minimum atomic E-state index is -0.203. The molecule has 0 spiro atoms. The van der Waals surface area contributed by atoms with Crippen LogP contribution < -0.4 is 4.74 Å². The highest BCUT2D eigenvalue weighted by Gasteiger charge is 1.97. The Balaban J connectivity index is 1.85. The maximum Gasteiger partial charge on any atom is 0.123 e. The third-order valence-corrected chi connectivity index (χ3v) is 2.89. The molecule has 0 saturated carbocycles. The van der Waals surface area contributed by atoms with E-state index < -0.39 is 0 Å². The van der Waals surface area contributed by atoms with E-state index in [9.17, 15) is 4.39 Å². The lowest BCUT2D eigenvalue weighted by Gasteiger charge is -2.06. The summed E-state index contributed by atoms with van der Waals surface area (Å²) in [5, 5.41) is 0. The smallest absolute Gasteiger partial charge is 0.123 e. The standard InChI is InChI=1S/C14H12BrFO/c15-12-4-6-14(7-5-12)17-9-8-11-2-1-3-13(16)10-11/h1-7,10H,8-9H2. The van der Waals surface area contributed by atoms with Gasteiger partial charge in [0.1, 0.15) is 11.6 Å². The van der Waals surface area contributed by atoms with Gasteiger partial charge in [0.2, 0.25) is 0 Å². The van der Waals surface area contributed by atoms with E-state index in [2.05, 4.69) is 15.9 Å². The molecule has 0 aliphatic rings. The Labute approximate surface area is 108 Å². The highest BCUT2D eigenvalue weighted by molar-refractivity contribution is 9.10. The molecule has 2 rings (SSSR count). The Bertz CT molecular complexity index is 482. The fourth-order valence-electron chi connectivity index (χ4n) is 1.51. The predicted octanol–water partition coefficient (Wildman–Crippen LogP) is 4.21. The van der Waals surface area contributed by atoms with Gasteiger partial charge in [-0.1, -0.05) is 28.1 Å². The van der Waals surface area contributed by atoms with Crippen molar-refractivity contribution in [3.8, 4) is 5.75 Å². The summed E-state index contributed by atoms with van der Waals surface area (Å²) in [6.45, 7) is 0.547. The van der Waals surface area contributed by atoms with E-state index in [1.54, 1.807) is 6.07 Å². The summed E-state index contributed by atoms with van der Waals surface area (Å²) < 4.78 is 19.5. The molecule has 0 atom stereocenters. The van der Waals surface area contributed by atoms with Gasteiger partial charge in [-0.15, -0.1) is 0 Å². The van der Waals surface area contributed by atoms with E-state index in [1.165, 1.54) is 12.1 Å². The molecule has 0 aliphatic heterocycles. The van der Waals surface area contributed by atoms with Crippen molar-refractivity contribution in [2.75, 3.05) is 6.61 Å². The minimum Gasteiger partial charge on any atom is -0.493 e. The van der Waals surface area contributed by atoms with Crippen LogP contribution in [-0.4, -0.2) is 6.61 Å². The minimum absolute atomic E-state index is 0.203. The topological polar surface area (TPSA) is 9.23 Å². The molecule has 0 fully saturated rings. The van der Waals surface area contributed by atoms with Crippen molar-refractivity contribution in [2.24, 2.45) is 0 Å². The van der Waals surface area contributed by atoms with Crippen molar-refractivity contribution in [1.82, 2.24) is 0 Å². The number of rotatable bonds is 4. The molecule has 0 saturated heterocycles. The number of ether oxygens (including phenoxy) is 1. The van der Waals surface area contributed by atoms with Crippen LogP contribution in [0.2, 0.25) is 0 Å². The zero-order valence-corrected chi connectivity index (χ0v) is 10.8. The van der Waals surface area contributed by atoms with Gasteiger partial charge in [0.05, 0.1) is 6.61 Å². The number of halogens is 2. The third-order valence-electron chi connectivity index (χ3n) is 2.36. The van der Waals surface area contributed by atoms with Crippen LogP contribution >= 0.6 is 15.9 Å². The first kappa shape index (κ1) is 12.1. The highest BCUT2D eigenvalue weighted by atomic mass is 79.9. The van der Waals surface area contributed by atoms with Gasteiger partial charge in [-0.05, 0) is 42.0 Å². The van der Waals surface area contributed by atoms with Gasteiger partial charge in [-0.25, -0.2) is 4.39 Å². The molecular formula is C14H12BrFO. The molecule has 0 amide bonds. The Morgan fingerprint density at radius 3 is 2.53 bits per heavy atom. The van der Waals surface area contributed by atoms with E-state index in [1.807, 2.05) is 30.3 Å². The SMILES string of the molecule is Fc1cccc(CCOc2ccc(Br)cc2)c1. The van der Waals surface area contributed by atoms with Crippen LogP contribution in [-0.2, 0) is 6.42 Å². The van der Waals surface area contributed by atoms with Gasteiger partial charge >= 0.3 is 0 Å². The summed E-state index contributed by atoms with van der Waals surface area (Å²) in [7, 11) is 0. The first-order chi connectivity index (χ1) is 8.24. The van der Waals surface area contributed by atoms with Crippen molar-refractivity contribution >= 4 is 15.9 Å². The van der Waals surface area contributed by atoms with Crippen LogP contribution in [0.3, 0.4) is 0 Å². The van der Waals surface area contributed by atoms with Gasteiger partial charge in [-0.3, -0.25) is 0 Å². The first-order valence-corrected chi connectivity index (χ1v) is 6.16. The van der Waals surface area contributed by atoms with E-state index >= 15 is 0 Å². The normalized spacial score (nSPS) is 10.2. The zero-order valence-electron chi connectivity index (χ0n) is 9.20. The van der Waals surface area contributed by atoms with Crippen molar-refractivity contribution < 1.29 is 9.13 Å². The quantitative estimate of drug-likeness (QED) is 0.821. The van der Waals surface area contributed by atoms with Crippen LogP contribution in [0.1, 0.15) is 5.56 Å². The Morgan fingerprint density at radius 2 is 1.82 bits per heavy atom. The van der Waals surface area contributed by atoms with Crippen molar-refractivity contribution in [3.05, 3.63) is 64.4 Å². The lowest BCUT2D eigenvalue weighted by molar-refractivity contribution is 0.321. The van der Waals surface area contributed by atoms with Crippen LogP contribution in [0, 0.1) is 5.82 Å². The molecule has 17 heavy (non-hydrogen) atoms. The third kappa shape index (κ3) is 3.86. The lowest BCUT2D eigenvalue weighted by atomic mass is 10.1. The zero-order chi connectivity index (χ0) is 12.1. The molecule has 2 aromatic rings. The molecule has 0 N–H and O–H groups in total. The summed E-state index contributed by atoms with van der Waals surface area (Å²) in [6.07, 6.45) is 0.702. The van der Waals surface area contributed by atoms with Gasteiger partial charge in [0, 0.05) is 10.9 Å². The summed E-state index contributed by atoms with van der Waals surface area (Å²) in [6, 6.07) is 14.2. The summed E-state index contributed by atoms with van der Waals surface area (Å²) in [5.41, 5.74) is 0.946. The molecule has 0 radical (unpaired) electrons. The summed E-state index contributed by atoms with van der Waals surface area (Å²) >= 11 is 3.36. The van der Waals surface area contributed by atoms with Crippen LogP contribution in [0.4, 0.5) is 4.39 Å². The lowest BCUT2D eigenvalue weighted by Crippen LogP contribution is -2.01. The first-order valence-electron chi connectivity index (χ1n) is 5.37. The van der Waals surface area contributed by atoms with E-state index in [4.69, 9.17) is 4.74 Å². The van der Waals surface area contributed by atoms with E-state index in [-0.39, 0.29) is 5.82 Å². The molecular weight excluding hydrogens is 283 g/mol. The van der Waals surface area contributed by atoms with Crippen LogP contribution in [0.25, 0.3) is 0 Å². The average Bonchev–Trinajstić information content (AvgIpc) is 2.32. The number of hydrogen-bond acceptors (Lipinski definition) is 1. The van der Waals surface area contributed by atoms with E-state index in [0.29, 0.717) is 13.0 Å². The van der Waals surface area contributed by atoms with Crippen molar-refractivity contribution in [1.29, 1.82) is 0 Å². The molecule has 1 nitrogen and oxygen atoms in total. The van der Waals surface area contributed by atoms with Gasteiger partial charge in [0.15, 0.2) is 0 Å². The Morgan fingerprint density at radius 1 is 1.06 bits per heavy atom. The summed E-state index contributed by atoms with van der Waals surface area (Å²) in [5.74, 6) is 0.621. The Kier molecular flexibility index (Phi) is 4.15. The molecule has 3 heteroatoms. The molecule has 0 unspecified atom stereocenters. The van der Waals surface area contributed by atoms with Gasteiger partial charge < -0.3 is 4.74 Å². The molecule has 2 aromatic carbocycles. The van der Waals surface area contributed by atoms with Gasteiger partial charge in [-0.2, -0.15) is 0 Å². The highest BCUT2D eigenvalue weighted by Crippen LogP contribution is 2.16. The molecule has 0 aliphatic carbocycles. The average molecular weight is 295 g/mol. The molecule has 0 bridgehead atoms. The van der Waals surface area contributed by atoms with Crippen LogP contribution in [0.5, 0.6) is 5.75 Å². The van der Waals surface area contributed by atoms with Crippen molar-refractivity contribution in [2.45, 2.75) is 6.42 Å². The second-order valence-corrected chi connectivity index (χ2v) is 4.60. The molecule has 0 heterocycles. The fraction of sp³-hybridized carbons (Fsp3) is 0.143. The number of benzene rings is 2. The largest absolute Gasteiger partial charge is 0.493 e. The molecule has 0 aromatic heterocycles. The maximum atomic E-state index is 12.9. The molecule has 88 valence electrons. The second-order valence-electron chi connectivity index (χ2n) is 3.68.